The molecule has 0 radical (unpaired) electrons. The number of ether oxygens (including phenoxy) is 2. The summed E-state index contributed by atoms with van der Waals surface area (Å²) in [7, 11) is 0. The van der Waals surface area contributed by atoms with Crippen molar-refractivity contribution in [2.24, 2.45) is 0 Å². The number of aromatic nitrogens is 2. The molecule has 35 heavy (non-hydrogen) atoms. The quantitative estimate of drug-likeness (QED) is 0.436. The lowest BCUT2D eigenvalue weighted by Crippen LogP contribution is -2.12. The highest BCUT2D eigenvalue weighted by atomic mass is 35.5. The molecule has 2 aromatic heterocycles. The number of nitrogens with zero attached hydrogens (tertiary/aromatic N) is 4. The molecule has 4 rings (SSSR count). The van der Waals surface area contributed by atoms with Crippen LogP contribution in [0.2, 0.25) is 5.15 Å². The van der Waals surface area contributed by atoms with Crippen LogP contribution in [0.3, 0.4) is 0 Å². The van der Waals surface area contributed by atoms with Gasteiger partial charge >= 0.3 is 11.9 Å². The number of hydrogen-bond acceptors (Lipinski definition) is 8. The van der Waals surface area contributed by atoms with Crippen molar-refractivity contribution in [3.63, 3.8) is 0 Å². The molecule has 3 aromatic rings. The third-order valence-corrected chi connectivity index (χ3v) is 5.85. The lowest BCUT2D eigenvalue weighted by molar-refractivity contribution is -0.140. The molecule has 0 fully saturated rings. The van der Waals surface area contributed by atoms with Gasteiger partial charge in [0.05, 0.1) is 18.2 Å². The van der Waals surface area contributed by atoms with Crippen LogP contribution in [0.1, 0.15) is 28.1 Å². The van der Waals surface area contributed by atoms with Crippen molar-refractivity contribution >= 4 is 23.5 Å². The average Bonchev–Trinajstić information content (AvgIpc) is 3.13. The van der Waals surface area contributed by atoms with Crippen LogP contribution in [0.4, 0.5) is 0 Å². The summed E-state index contributed by atoms with van der Waals surface area (Å²) in [5.41, 5.74) is 3.43. The van der Waals surface area contributed by atoms with Gasteiger partial charge in [-0.15, -0.1) is 0 Å². The second-order valence-corrected chi connectivity index (χ2v) is 7.99. The molecule has 9 nitrogen and oxygen atoms in total. The lowest BCUT2D eigenvalue weighted by atomic mass is 10.0. The molecule has 10 heteroatoms. The van der Waals surface area contributed by atoms with Gasteiger partial charge < -0.3 is 19.1 Å². The van der Waals surface area contributed by atoms with Crippen molar-refractivity contribution in [1.82, 2.24) is 9.55 Å². The summed E-state index contributed by atoms with van der Waals surface area (Å²) < 4.78 is 12.8. The number of aliphatic hydroxyl groups excluding tert-OH is 1. The van der Waals surface area contributed by atoms with Gasteiger partial charge in [-0.05, 0) is 36.2 Å². The van der Waals surface area contributed by atoms with Crippen molar-refractivity contribution in [2.75, 3.05) is 0 Å². The smallest absolute Gasteiger partial charge is 0.349 e. The Morgan fingerprint density at radius 2 is 1.94 bits per heavy atom. The zero-order valence-corrected chi connectivity index (χ0v) is 19.2. The van der Waals surface area contributed by atoms with E-state index in [1.807, 2.05) is 6.92 Å². The molecular formula is C25H17ClN4O5. The van der Waals surface area contributed by atoms with Gasteiger partial charge in [0.1, 0.15) is 29.1 Å². The molecule has 0 saturated carbocycles. The number of pyridine rings is 1. The highest BCUT2D eigenvalue weighted by molar-refractivity contribution is 6.30. The molecule has 0 atom stereocenters. The lowest BCUT2D eigenvalue weighted by Gasteiger charge is -2.13. The van der Waals surface area contributed by atoms with Crippen molar-refractivity contribution < 1.29 is 24.2 Å². The van der Waals surface area contributed by atoms with Gasteiger partial charge in [0, 0.05) is 35.6 Å². The average molecular weight is 489 g/mol. The van der Waals surface area contributed by atoms with Crippen LogP contribution in [0.25, 0.3) is 11.1 Å². The van der Waals surface area contributed by atoms with Crippen LogP contribution >= 0.6 is 11.6 Å². The number of nitriles is 2. The molecule has 0 spiro atoms. The first-order valence-electron chi connectivity index (χ1n) is 10.3. The van der Waals surface area contributed by atoms with E-state index >= 15 is 0 Å². The number of halogens is 1. The molecule has 1 aliphatic heterocycles. The zero-order valence-electron chi connectivity index (χ0n) is 18.4. The number of carbonyl (C=O) groups excluding carboxylic acids is 2. The Labute approximate surface area is 205 Å². The Kier molecular flexibility index (Phi) is 6.65. The van der Waals surface area contributed by atoms with Gasteiger partial charge in [0.2, 0.25) is 0 Å². The van der Waals surface area contributed by atoms with Crippen molar-refractivity contribution in [1.29, 1.82) is 10.5 Å². The van der Waals surface area contributed by atoms with E-state index in [0.29, 0.717) is 39.2 Å². The van der Waals surface area contributed by atoms with E-state index in [2.05, 4.69) is 11.1 Å². The van der Waals surface area contributed by atoms with Crippen LogP contribution in [-0.2, 0) is 34.1 Å². The predicted molar refractivity (Wildman–Crippen MR) is 123 cm³/mol. The fourth-order valence-electron chi connectivity index (χ4n) is 3.81. The molecule has 3 heterocycles. The highest BCUT2D eigenvalue weighted by Gasteiger charge is 2.28. The van der Waals surface area contributed by atoms with Gasteiger partial charge in [0.15, 0.2) is 5.75 Å². The standard InChI is InChI=1S/C25H17ClN4O5/c1-14-22(17-4-2-15(8-27)3-5-17)23-20(13-34-25(33)18(9-28)7-21(32)35-23)30(14)11-16-6-19(12-31)24(26)29-10-16/h2-7,10,31H,11-13H2,1H3/b18-7-. The van der Waals surface area contributed by atoms with Crippen LogP contribution in [0.5, 0.6) is 5.75 Å². The summed E-state index contributed by atoms with van der Waals surface area (Å²) in [4.78, 5) is 29.0. The van der Waals surface area contributed by atoms with E-state index in [-0.39, 0.29) is 30.7 Å². The third-order valence-electron chi connectivity index (χ3n) is 5.51. The third kappa shape index (κ3) is 4.64. The van der Waals surface area contributed by atoms with Gasteiger partial charge in [0.25, 0.3) is 0 Å². The monoisotopic (exact) mass is 488 g/mol. The van der Waals surface area contributed by atoms with Crippen LogP contribution < -0.4 is 4.74 Å². The fourth-order valence-corrected chi connectivity index (χ4v) is 3.97. The van der Waals surface area contributed by atoms with Gasteiger partial charge in [-0.1, -0.05) is 23.7 Å². The summed E-state index contributed by atoms with van der Waals surface area (Å²) in [5, 5.41) is 28.1. The molecule has 0 unspecified atom stereocenters. The molecule has 1 N–H and O–H groups in total. The fraction of sp³-hybridized carbons (Fsp3) is 0.160. The maximum absolute atomic E-state index is 12.6. The predicted octanol–water partition coefficient (Wildman–Crippen LogP) is 3.34. The zero-order chi connectivity index (χ0) is 25.1. The van der Waals surface area contributed by atoms with Crippen LogP contribution in [0, 0.1) is 29.6 Å². The van der Waals surface area contributed by atoms with Crippen LogP contribution in [-0.4, -0.2) is 26.6 Å². The van der Waals surface area contributed by atoms with Crippen molar-refractivity contribution in [2.45, 2.75) is 26.7 Å². The summed E-state index contributed by atoms with van der Waals surface area (Å²) in [6.45, 7) is 1.48. The Balaban J connectivity index is 1.90. The maximum atomic E-state index is 12.6. The second-order valence-electron chi connectivity index (χ2n) is 7.63. The number of fused-ring (bicyclic) bond motifs is 1. The van der Waals surface area contributed by atoms with Gasteiger partial charge in [-0.3, -0.25) is 0 Å². The number of cyclic esters (lactones) is 1. The largest absolute Gasteiger partial charge is 0.455 e. The number of hydrogen-bond donors (Lipinski definition) is 1. The number of aliphatic hydroxyl groups is 1. The van der Waals surface area contributed by atoms with Gasteiger partial charge in [-0.2, -0.15) is 10.5 Å². The number of carbonyl (C=O) groups is 2. The van der Waals surface area contributed by atoms with Crippen molar-refractivity contribution in [3.05, 3.63) is 81.4 Å². The summed E-state index contributed by atoms with van der Waals surface area (Å²) >= 11 is 6.02. The minimum Gasteiger partial charge on any atom is -0.455 e. The topological polar surface area (TPSA) is 138 Å². The molecule has 0 saturated heterocycles. The minimum absolute atomic E-state index is 0.171. The molecule has 0 aliphatic carbocycles. The Bertz CT molecular complexity index is 1460. The Morgan fingerprint density at radius 1 is 1.20 bits per heavy atom. The minimum atomic E-state index is -0.946. The van der Waals surface area contributed by atoms with E-state index in [0.717, 1.165) is 6.08 Å². The molecule has 174 valence electrons. The first-order valence-corrected chi connectivity index (χ1v) is 10.7. The number of esters is 2. The normalized spacial score (nSPS) is 14.7. The van der Waals surface area contributed by atoms with E-state index < -0.39 is 17.5 Å². The number of rotatable bonds is 4. The van der Waals surface area contributed by atoms with E-state index in [9.17, 15) is 20.0 Å². The second kappa shape index (κ2) is 9.82. The Morgan fingerprint density at radius 3 is 2.60 bits per heavy atom. The SMILES string of the molecule is Cc1c(-c2ccc(C#N)cc2)c2c(n1Cc1cnc(Cl)c(CO)c1)COC(=O)/C(C#N)=C\C(=O)O2. The molecular weight excluding hydrogens is 472 g/mol. The number of benzene rings is 1. The molecule has 1 aromatic carbocycles. The summed E-state index contributed by atoms with van der Waals surface area (Å²) in [6, 6.07) is 12.1. The van der Waals surface area contributed by atoms with Gasteiger partial charge in [-0.25, -0.2) is 14.6 Å². The first-order chi connectivity index (χ1) is 16.9. The van der Waals surface area contributed by atoms with E-state index in [1.54, 1.807) is 47.2 Å². The summed E-state index contributed by atoms with van der Waals surface area (Å²) in [6.07, 6.45) is 2.35. The first kappa shape index (κ1) is 23.7. The van der Waals surface area contributed by atoms with Crippen molar-refractivity contribution in [3.8, 4) is 29.0 Å². The van der Waals surface area contributed by atoms with E-state index in [1.165, 1.54) is 0 Å². The molecule has 0 amide bonds. The van der Waals surface area contributed by atoms with Crippen LogP contribution in [0.15, 0.2) is 48.2 Å². The molecule has 0 bridgehead atoms. The maximum Gasteiger partial charge on any atom is 0.349 e. The molecule has 1 aliphatic rings. The Hall–Kier alpha value is -4.44. The summed E-state index contributed by atoms with van der Waals surface area (Å²) in [5.74, 6) is -1.67. The highest BCUT2D eigenvalue weighted by Crippen LogP contribution is 2.40. The van der Waals surface area contributed by atoms with E-state index in [4.69, 9.17) is 26.3 Å².